The van der Waals surface area contributed by atoms with Crippen molar-refractivity contribution >= 4 is 28.6 Å². The van der Waals surface area contributed by atoms with Crippen LogP contribution < -0.4 is 16.4 Å². The molecular weight excluding hydrogens is 354 g/mol. The number of H-pyrrole nitrogens is 1. The fraction of sp³-hybridized carbons (Fsp3) is 0.476. The number of benzene rings is 1. The van der Waals surface area contributed by atoms with E-state index in [2.05, 4.69) is 34.4 Å². The number of fused-ring (bicyclic) bond motifs is 1. The van der Waals surface area contributed by atoms with Crippen LogP contribution in [0.3, 0.4) is 0 Å². The summed E-state index contributed by atoms with van der Waals surface area (Å²) in [5.41, 5.74) is 3.31. The van der Waals surface area contributed by atoms with Gasteiger partial charge < -0.3 is 15.1 Å². The number of nitrogens with one attached hydrogen (secondary N) is 3. The van der Waals surface area contributed by atoms with Crippen LogP contribution in [-0.2, 0) is 0 Å². The highest BCUT2D eigenvalue weighted by atomic mass is 16.4. The second kappa shape index (κ2) is 7.30. The second-order valence-corrected chi connectivity index (χ2v) is 8.53. The molecule has 1 saturated carbocycles. The van der Waals surface area contributed by atoms with Gasteiger partial charge in [0.25, 0.3) is 0 Å². The van der Waals surface area contributed by atoms with Crippen molar-refractivity contribution in [2.75, 3.05) is 10.6 Å². The zero-order chi connectivity index (χ0) is 19.7. The Bertz CT molecular complexity index is 1040. The van der Waals surface area contributed by atoms with Crippen LogP contribution in [0.1, 0.15) is 51.5 Å². The molecule has 0 saturated heterocycles. The highest BCUT2D eigenvalue weighted by molar-refractivity contribution is 5.78. The Labute approximate surface area is 164 Å². The number of hydrogen-bond donors (Lipinski definition) is 3. The van der Waals surface area contributed by atoms with E-state index < -0.39 is 5.76 Å². The molecule has 1 aliphatic rings. The van der Waals surface area contributed by atoms with Crippen LogP contribution in [-0.4, -0.2) is 21.0 Å². The van der Waals surface area contributed by atoms with Gasteiger partial charge in [0.15, 0.2) is 5.58 Å². The van der Waals surface area contributed by atoms with Crippen molar-refractivity contribution in [2.45, 2.75) is 58.9 Å². The maximum atomic E-state index is 11.3. The lowest BCUT2D eigenvalue weighted by atomic mass is 9.83. The molecule has 0 aliphatic heterocycles. The summed E-state index contributed by atoms with van der Waals surface area (Å²) >= 11 is 0. The lowest BCUT2D eigenvalue weighted by molar-refractivity contribution is 0.304. The lowest BCUT2D eigenvalue weighted by Crippen LogP contribution is -2.26. The standard InChI is InChI=1S/C21H27N5O2/c1-13-12-22-19(24-15-6-4-5-9-21(2,3)11-15)26-18(13)23-14-7-8-17-16(10-14)25-20(27)28-17/h7-8,10,12,15H,4-6,9,11H2,1-3H3,(H,25,27)(H2,22,23,24,26). The van der Waals surface area contributed by atoms with E-state index in [9.17, 15) is 4.79 Å². The van der Waals surface area contributed by atoms with Gasteiger partial charge in [0.05, 0.1) is 5.52 Å². The van der Waals surface area contributed by atoms with Crippen molar-refractivity contribution in [3.63, 3.8) is 0 Å². The summed E-state index contributed by atoms with van der Waals surface area (Å²) < 4.78 is 5.05. The molecule has 0 amide bonds. The Hall–Kier alpha value is -2.83. The van der Waals surface area contributed by atoms with Gasteiger partial charge in [-0.1, -0.05) is 26.7 Å². The summed E-state index contributed by atoms with van der Waals surface area (Å²) in [5, 5.41) is 6.86. The van der Waals surface area contributed by atoms with Gasteiger partial charge in [-0.15, -0.1) is 0 Å². The second-order valence-electron chi connectivity index (χ2n) is 8.53. The van der Waals surface area contributed by atoms with Crippen LogP contribution in [0, 0.1) is 12.3 Å². The third-order valence-electron chi connectivity index (χ3n) is 5.44. The number of rotatable bonds is 4. The summed E-state index contributed by atoms with van der Waals surface area (Å²) in [6, 6.07) is 5.85. The minimum Gasteiger partial charge on any atom is -0.408 e. The molecule has 0 radical (unpaired) electrons. The molecule has 0 bridgehead atoms. The minimum absolute atomic E-state index is 0.344. The van der Waals surface area contributed by atoms with Gasteiger partial charge in [0.1, 0.15) is 5.82 Å². The summed E-state index contributed by atoms with van der Waals surface area (Å²) in [6.07, 6.45) is 7.89. The van der Waals surface area contributed by atoms with Crippen LogP contribution in [0.5, 0.6) is 0 Å². The summed E-state index contributed by atoms with van der Waals surface area (Å²) in [7, 11) is 0. The van der Waals surface area contributed by atoms with E-state index in [-0.39, 0.29) is 0 Å². The average molecular weight is 381 g/mol. The summed E-state index contributed by atoms with van der Waals surface area (Å²) in [5.74, 6) is 0.937. The lowest BCUT2D eigenvalue weighted by Gasteiger charge is -2.27. The Morgan fingerprint density at radius 2 is 2.14 bits per heavy atom. The van der Waals surface area contributed by atoms with Crippen LogP contribution >= 0.6 is 0 Å². The van der Waals surface area contributed by atoms with Crippen LogP contribution in [0.25, 0.3) is 11.1 Å². The van der Waals surface area contributed by atoms with Crippen LogP contribution in [0.2, 0.25) is 0 Å². The van der Waals surface area contributed by atoms with E-state index in [1.54, 1.807) is 6.07 Å². The summed E-state index contributed by atoms with van der Waals surface area (Å²) in [6.45, 7) is 6.65. The van der Waals surface area contributed by atoms with Crippen molar-refractivity contribution in [1.29, 1.82) is 0 Å². The van der Waals surface area contributed by atoms with Gasteiger partial charge in [-0.05, 0) is 49.8 Å². The molecular formula is C21H27N5O2. The molecule has 4 rings (SSSR count). The maximum absolute atomic E-state index is 11.3. The molecule has 1 unspecified atom stereocenters. The van der Waals surface area contributed by atoms with Crippen LogP contribution in [0.15, 0.2) is 33.6 Å². The largest absolute Gasteiger partial charge is 0.417 e. The van der Waals surface area contributed by atoms with E-state index in [0.717, 1.165) is 29.9 Å². The Balaban J connectivity index is 1.53. The molecule has 3 aromatic rings. The molecule has 7 heteroatoms. The molecule has 1 atom stereocenters. The predicted molar refractivity (Wildman–Crippen MR) is 111 cm³/mol. The van der Waals surface area contributed by atoms with Crippen molar-refractivity contribution in [3.8, 4) is 0 Å². The molecule has 2 heterocycles. The number of aromatic amines is 1. The first-order valence-electron chi connectivity index (χ1n) is 9.88. The SMILES string of the molecule is Cc1cnc(NC2CCCCC(C)(C)C2)nc1Nc1ccc2oc(=O)[nH]c2c1. The van der Waals surface area contributed by atoms with Gasteiger partial charge in [0, 0.05) is 23.5 Å². The smallest absolute Gasteiger partial charge is 0.408 e. The van der Waals surface area contributed by atoms with Crippen molar-refractivity contribution in [3.05, 3.63) is 40.5 Å². The molecule has 1 aromatic carbocycles. The Kier molecular flexibility index (Phi) is 4.83. The summed E-state index contributed by atoms with van der Waals surface area (Å²) in [4.78, 5) is 23.2. The molecule has 28 heavy (non-hydrogen) atoms. The normalized spacial score (nSPS) is 19.3. The van der Waals surface area contributed by atoms with Gasteiger partial charge in [-0.3, -0.25) is 4.98 Å². The van der Waals surface area contributed by atoms with E-state index >= 15 is 0 Å². The molecule has 3 N–H and O–H groups in total. The molecule has 7 nitrogen and oxygen atoms in total. The maximum Gasteiger partial charge on any atom is 0.417 e. The van der Waals surface area contributed by atoms with Crippen molar-refractivity contribution in [2.24, 2.45) is 5.41 Å². The van der Waals surface area contributed by atoms with Gasteiger partial charge in [-0.2, -0.15) is 4.98 Å². The number of hydrogen-bond acceptors (Lipinski definition) is 6. The number of oxazole rings is 1. The number of aromatic nitrogens is 3. The zero-order valence-corrected chi connectivity index (χ0v) is 16.6. The third-order valence-corrected chi connectivity index (χ3v) is 5.44. The fourth-order valence-corrected chi connectivity index (χ4v) is 3.98. The highest BCUT2D eigenvalue weighted by Crippen LogP contribution is 2.35. The Morgan fingerprint density at radius 1 is 1.29 bits per heavy atom. The number of anilines is 3. The van der Waals surface area contributed by atoms with Gasteiger partial charge >= 0.3 is 5.76 Å². The monoisotopic (exact) mass is 381 g/mol. The van der Waals surface area contributed by atoms with Crippen molar-refractivity contribution in [1.82, 2.24) is 15.0 Å². The highest BCUT2D eigenvalue weighted by Gasteiger charge is 2.26. The van der Waals surface area contributed by atoms with Crippen molar-refractivity contribution < 1.29 is 4.42 Å². The first-order chi connectivity index (χ1) is 13.4. The average Bonchev–Trinajstić information content (AvgIpc) is 2.91. The molecule has 2 aromatic heterocycles. The van der Waals surface area contributed by atoms with E-state index in [1.807, 2.05) is 25.3 Å². The third kappa shape index (κ3) is 4.18. The first kappa shape index (κ1) is 18.5. The fourth-order valence-electron chi connectivity index (χ4n) is 3.98. The number of aryl methyl sites for hydroxylation is 1. The Morgan fingerprint density at radius 3 is 3.00 bits per heavy atom. The molecule has 1 fully saturated rings. The van der Waals surface area contributed by atoms with Gasteiger partial charge in [0.2, 0.25) is 5.95 Å². The van der Waals surface area contributed by atoms with Gasteiger partial charge in [-0.25, -0.2) is 9.78 Å². The first-order valence-corrected chi connectivity index (χ1v) is 9.88. The van der Waals surface area contributed by atoms with E-state index in [1.165, 1.54) is 19.3 Å². The molecule has 0 spiro atoms. The molecule has 148 valence electrons. The molecule has 1 aliphatic carbocycles. The van der Waals surface area contributed by atoms with Crippen LogP contribution in [0.4, 0.5) is 17.5 Å². The van der Waals surface area contributed by atoms with E-state index in [4.69, 9.17) is 9.40 Å². The quantitative estimate of drug-likeness (QED) is 0.565. The number of nitrogens with zero attached hydrogens (tertiary/aromatic N) is 2. The topological polar surface area (TPSA) is 95.8 Å². The minimum atomic E-state index is -0.455. The van der Waals surface area contributed by atoms with E-state index in [0.29, 0.717) is 28.5 Å². The zero-order valence-electron chi connectivity index (χ0n) is 16.6. The predicted octanol–water partition coefficient (Wildman–Crippen LogP) is 4.73.